The van der Waals surface area contributed by atoms with Gasteiger partial charge in [0.05, 0.1) is 18.2 Å². The molecule has 1 N–H and O–H groups in total. The van der Waals surface area contributed by atoms with Crippen LogP contribution in [0.1, 0.15) is 20.8 Å². The number of nitrogens with one attached hydrogen (secondary N) is 1. The molecule has 0 aliphatic heterocycles. The van der Waals surface area contributed by atoms with Crippen LogP contribution in [0.25, 0.3) is 0 Å². The van der Waals surface area contributed by atoms with Crippen molar-refractivity contribution in [2.45, 2.75) is 26.3 Å². The molecule has 1 rings (SSSR count). The van der Waals surface area contributed by atoms with Crippen molar-refractivity contribution in [3.8, 4) is 0 Å². The van der Waals surface area contributed by atoms with Crippen LogP contribution < -0.4 is 5.32 Å². The summed E-state index contributed by atoms with van der Waals surface area (Å²) in [7, 11) is 0. The maximum atomic E-state index is 12.1. The van der Waals surface area contributed by atoms with E-state index in [0.29, 0.717) is 18.2 Å². The highest BCUT2D eigenvalue weighted by molar-refractivity contribution is 9.10. The van der Waals surface area contributed by atoms with Gasteiger partial charge in [-0.25, -0.2) is 4.79 Å². The molecule has 0 radical (unpaired) electrons. The lowest BCUT2D eigenvalue weighted by atomic mass is 10.0. The molecule has 0 bridgehead atoms. The summed E-state index contributed by atoms with van der Waals surface area (Å²) in [6.07, 6.45) is 0. The summed E-state index contributed by atoms with van der Waals surface area (Å²) in [6, 6.07) is 5.36. The van der Waals surface area contributed by atoms with E-state index in [4.69, 9.17) is 21.1 Å². The van der Waals surface area contributed by atoms with Crippen molar-refractivity contribution < 1.29 is 14.3 Å². The van der Waals surface area contributed by atoms with Crippen LogP contribution in [0.2, 0.25) is 5.02 Å². The van der Waals surface area contributed by atoms with Gasteiger partial charge in [0.1, 0.15) is 0 Å². The highest BCUT2D eigenvalue weighted by Gasteiger charge is 2.35. The average molecular weight is 365 g/mol. The van der Waals surface area contributed by atoms with Crippen LogP contribution in [0.5, 0.6) is 0 Å². The normalized spacial score (nSPS) is 13.7. The summed E-state index contributed by atoms with van der Waals surface area (Å²) in [5.74, 6) is -0.348. The third kappa shape index (κ3) is 4.65. The van der Waals surface area contributed by atoms with Crippen molar-refractivity contribution in [3.63, 3.8) is 0 Å². The molecular formula is C14H19BrClNO3. The maximum Gasteiger partial charge on any atom is 0.333 e. The average Bonchev–Trinajstić information content (AvgIpc) is 2.41. The van der Waals surface area contributed by atoms with Gasteiger partial charge < -0.3 is 14.8 Å². The molecule has 1 aromatic carbocycles. The number of anilines is 1. The van der Waals surface area contributed by atoms with Crippen LogP contribution in [-0.4, -0.2) is 31.3 Å². The first-order valence-corrected chi connectivity index (χ1v) is 7.58. The first-order chi connectivity index (χ1) is 9.42. The smallest absolute Gasteiger partial charge is 0.333 e. The Kier molecular flexibility index (Phi) is 6.79. The predicted molar refractivity (Wildman–Crippen MR) is 84.3 cm³/mol. The van der Waals surface area contributed by atoms with E-state index < -0.39 is 5.54 Å². The van der Waals surface area contributed by atoms with E-state index in [1.54, 1.807) is 26.0 Å². The Labute approximate surface area is 132 Å². The first kappa shape index (κ1) is 17.3. The maximum absolute atomic E-state index is 12.1. The third-order valence-corrected chi connectivity index (χ3v) is 3.87. The molecular weight excluding hydrogens is 346 g/mol. The van der Waals surface area contributed by atoms with Crippen LogP contribution in [0.3, 0.4) is 0 Å². The molecule has 0 aromatic heterocycles. The minimum Gasteiger partial charge on any atom is -0.464 e. The summed E-state index contributed by atoms with van der Waals surface area (Å²) in [5, 5.41) is 3.76. The Morgan fingerprint density at radius 3 is 2.65 bits per heavy atom. The SMILES string of the molecule is CCOCC(C)(Nc1ccc(Cl)c(Br)c1)C(=O)OCC. The Balaban J connectivity index is 2.92. The number of esters is 1. The van der Waals surface area contributed by atoms with E-state index in [2.05, 4.69) is 21.2 Å². The van der Waals surface area contributed by atoms with E-state index in [-0.39, 0.29) is 12.6 Å². The second-order valence-corrected chi connectivity index (χ2v) is 5.71. The quantitative estimate of drug-likeness (QED) is 0.746. The molecule has 6 heteroatoms. The Morgan fingerprint density at radius 1 is 1.40 bits per heavy atom. The molecule has 0 heterocycles. The Morgan fingerprint density at radius 2 is 2.10 bits per heavy atom. The fourth-order valence-electron chi connectivity index (χ4n) is 1.64. The van der Waals surface area contributed by atoms with Crippen LogP contribution in [0.4, 0.5) is 5.69 Å². The van der Waals surface area contributed by atoms with Gasteiger partial charge in [0.15, 0.2) is 5.54 Å². The largest absolute Gasteiger partial charge is 0.464 e. The summed E-state index contributed by atoms with van der Waals surface area (Å²) in [6.45, 7) is 6.49. The monoisotopic (exact) mass is 363 g/mol. The zero-order chi connectivity index (χ0) is 15.2. The van der Waals surface area contributed by atoms with Gasteiger partial charge in [-0.2, -0.15) is 0 Å². The van der Waals surface area contributed by atoms with E-state index in [1.807, 2.05) is 13.0 Å². The van der Waals surface area contributed by atoms with Crippen molar-refractivity contribution in [1.29, 1.82) is 0 Å². The van der Waals surface area contributed by atoms with Crippen molar-refractivity contribution >= 4 is 39.2 Å². The second kappa shape index (κ2) is 7.86. The molecule has 4 nitrogen and oxygen atoms in total. The van der Waals surface area contributed by atoms with E-state index in [9.17, 15) is 4.79 Å². The van der Waals surface area contributed by atoms with Gasteiger partial charge in [0.2, 0.25) is 0 Å². The van der Waals surface area contributed by atoms with Crippen molar-refractivity contribution in [2.75, 3.05) is 25.1 Å². The second-order valence-electron chi connectivity index (χ2n) is 4.44. The number of rotatable bonds is 7. The van der Waals surface area contributed by atoms with Gasteiger partial charge in [-0.3, -0.25) is 0 Å². The highest BCUT2D eigenvalue weighted by atomic mass is 79.9. The fourth-order valence-corrected chi connectivity index (χ4v) is 2.13. The first-order valence-electron chi connectivity index (χ1n) is 6.41. The number of ether oxygens (including phenoxy) is 2. The summed E-state index contributed by atoms with van der Waals surface area (Å²) in [4.78, 5) is 12.1. The Hall–Kier alpha value is -0.780. The molecule has 1 unspecified atom stereocenters. The highest BCUT2D eigenvalue weighted by Crippen LogP contribution is 2.27. The molecule has 0 fully saturated rings. The molecule has 0 saturated heterocycles. The molecule has 0 amide bonds. The molecule has 0 saturated carbocycles. The van der Waals surface area contributed by atoms with Crippen LogP contribution in [-0.2, 0) is 14.3 Å². The van der Waals surface area contributed by atoms with Gasteiger partial charge >= 0.3 is 5.97 Å². The van der Waals surface area contributed by atoms with Crippen molar-refractivity contribution in [1.82, 2.24) is 0 Å². The van der Waals surface area contributed by atoms with Gasteiger partial charge in [0.25, 0.3) is 0 Å². The zero-order valence-electron chi connectivity index (χ0n) is 11.8. The van der Waals surface area contributed by atoms with Crippen LogP contribution in [0.15, 0.2) is 22.7 Å². The lowest BCUT2D eigenvalue weighted by molar-refractivity contribution is -0.150. The number of benzene rings is 1. The van der Waals surface area contributed by atoms with Gasteiger partial charge in [0, 0.05) is 16.8 Å². The Bertz CT molecular complexity index is 470. The van der Waals surface area contributed by atoms with Crippen LogP contribution in [0, 0.1) is 0 Å². The lowest BCUT2D eigenvalue weighted by Gasteiger charge is -2.29. The van der Waals surface area contributed by atoms with E-state index in [1.165, 1.54) is 0 Å². The molecule has 0 spiro atoms. The molecule has 0 aliphatic rings. The predicted octanol–water partition coefficient (Wildman–Crippen LogP) is 3.87. The topological polar surface area (TPSA) is 47.6 Å². The number of hydrogen-bond donors (Lipinski definition) is 1. The summed E-state index contributed by atoms with van der Waals surface area (Å²) >= 11 is 9.31. The minimum absolute atomic E-state index is 0.225. The summed E-state index contributed by atoms with van der Waals surface area (Å²) in [5.41, 5.74) is -0.184. The fraction of sp³-hybridized carbons (Fsp3) is 0.500. The molecule has 20 heavy (non-hydrogen) atoms. The van der Waals surface area contributed by atoms with Crippen molar-refractivity contribution in [2.24, 2.45) is 0 Å². The van der Waals surface area contributed by atoms with Gasteiger partial charge in [-0.05, 0) is 54.9 Å². The number of halogens is 2. The standard InChI is InChI=1S/C14H19BrClNO3/c1-4-19-9-14(3,13(18)20-5-2)17-10-6-7-12(16)11(15)8-10/h6-8,17H,4-5,9H2,1-3H3. The lowest BCUT2D eigenvalue weighted by Crippen LogP contribution is -2.48. The van der Waals surface area contributed by atoms with Crippen LogP contribution >= 0.6 is 27.5 Å². The molecule has 1 atom stereocenters. The number of carbonyl (C=O) groups is 1. The van der Waals surface area contributed by atoms with E-state index in [0.717, 1.165) is 10.2 Å². The van der Waals surface area contributed by atoms with Crippen molar-refractivity contribution in [3.05, 3.63) is 27.7 Å². The molecule has 112 valence electrons. The van der Waals surface area contributed by atoms with Gasteiger partial charge in [-0.15, -0.1) is 0 Å². The van der Waals surface area contributed by atoms with Gasteiger partial charge in [-0.1, -0.05) is 11.6 Å². The third-order valence-electron chi connectivity index (χ3n) is 2.66. The number of carbonyl (C=O) groups excluding carboxylic acids is 1. The molecule has 1 aromatic rings. The molecule has 0 aliphatic carbocycles. The zero-order valence-corrected chi connectivity index (χ0v) is 14.2. The van der Waals surface area contributed by atoms with E-state index >= 15 is 0 Å². The number of hydrogen-bond acceptors (Lipinski definition) is 4. The summed E-state index contributed by atoms with van der Waals surface area (Å²) < 4.78 is 11.3. The minimum atomic E-state index is -0.945.